The van der Waals surface area contributed by atoms with Crippen LogP contribution in [0.1, 0.15) is 23.6 Å². The van der Waals surface area contributed by atoms with Crippen LogP contribution in [0.2, 0.25) is 0 Å². The Morgan fingerprint density at radius 3 is 2.84 bits per heavy atom. The Balaban J connectivity index is 1.96. The summed E-state index contributed by atoms with van der Waals surface area (Å²) in [7, 11) is 0.0197. The molecule has 0 bridgehead atoms. The van der Waals surface area contributed by atoms with Gasteiger partial charge in [-0.05, 0) is 30.0 Å². The fraction of sp³-hybridized carbons (Fsp3) is 0.538. The predicted molar refractivity (Wildman–Crippen MR) is 80.7 cm³/mol. The normalized spacial score (nSPS) is 18.8. The molecule has 0 heterocycles. The first-order valence-electron chi connectivity index (χ1n) is 6.32. The molecule has 4 nitrogen and oxygen atoms in total. The fourth-order valence-electron chi connectivity index (χ4n) is 2.37. The molecule has 0 aromatic heterocycles. The van der Waals surface area contributed by atoms with Gasteiger partial charge in [0.25, 0.3) is 0 Å². The van der Waals surface area contributed by atoms with Crippen molar-refractivity contribution in [2.24, 2.45) is 0 Å². The third kappa shape index (κ3) is 3.37. The Bertz CT molecular complexity index is 558. The van der Waals surface area contributed by atoms with Crippen molar-refractivity contribution in [3.63, 3.8) is 0 Å². The smallest absolute Gasteiger partial charge is 0.214 e. The SMILES string of the molecule is CN(C)S(=O)(=O)CCNC1CCc2c(Br)cccc21. The van der Waals surface area contributed by atoms with E-state index in [2.05, 4.69) is 33.4 Å². The Hall–Kier alpha value is -0.430. The molecule has 1 aromatic rings. The molecule has 1 N–H and O–H groups in total. The highest BCUT2D eigenvalue weighted by atomic mass is 79.9. The molecule has 1 aromatic carbocycles. The van der Waals surface area contributed by atoms with Crippen LogP contribution in [-0.4, -0.2) is 39.1 Å². The summed E-state index contributed by atoms with van der Waals surface area (Å²) in [6, 6.07) is 6.47. The minimum atomic E-state index is -3.11. The van der Waals surface area contributed by atoms with Gasteiger partial charge in [-0.2, -0.15) is 0 Å². The van der Waals surface area contributed by atoms with E-state index in [-0.39, 0.29) is 11.8 Å². The van der Waals surface area contributed by atoms with Gasteiger partial charge in [0.2, 0.25) is 10.0 Å². The highest BCUT2D eigenvalue weighted by Crippen LogP contribution is 2.35. The van der Waals surface area contributed by atoms with Crippen LogP contribution in [0, 0.1) is 0 Å². The number of benzene rings is 1. The molecule has 0 saturated heterocycles. The van der Waals surface area contributed by atoms with E-state index in [1.165, 1.54) is 15.4 Å². The molecule has 0 radical (unpaired) electrons. The Labute approximate surface area is 123 Å². The highest BCUT2D eigenvalue weighted by molar-refractivity contribution is 9.10. The van der Waals surface area contributed by atoms with Crippen molar-refractivity contribution in [3.8, 4) is 0 Å². The Kier molecular flexibility index (Phi) is 4.66. The first-order chi connectivity index (χ1) is 8.92. The first-order valence-corrected chi connectivity index (χ1v) is 8.73. The van der Waals surface area contributed by atoms with Crippen LogP contribution >= 0.6 is 15.9 Å². The third-order valence-electron chi connectivity index (χ3n) is 3.52. The Morgan fingerprint density at radius 2 is 2.16 bits per heavy atom. The molecule has 1 aliphatic rings. The zero-order valence-corrected chi connectivity index (χ0v) is 13.6. The number of hydrogen-bond donors (Lipinski definition) is 1. The quantitative estimate of drug-likeness (QED) is 0.885. The Morgan fingerprint density at radius 1 is 1.42 bits per heavy atom. The molecule has 1 unspecified atom stereocenters. The van der Waals surface area contributed by atoms with Crippen molar-refractivity contribution < 1.29 is 8.42 Å². The van der Waals surface area contributed by atoms with Crippen molar-refractivity contribution in [3.05, 3.63) is 33.8 Å². The number of nitrogens with zero attached hydrogens (tertiary/aromatic N) is 1. The summed E-state index contributed by atoms with van der Waals surface area (Å²) in [5.41, 5.74) is 2.63. The highest BCUT2D eigenvalue weighted by Gasteiger charge is 2.24. The summed E-state index contributed by atoms with van der Waals surface area (Å²) in [6.07, 6.45) is 2.06. The van der Waals surface area contributed by atoms with Crippen molar-refractivity contribution in [2.45, 2.75) is 18.9 Å². The molecular formula is C13H19BrN2O2S. The predicted octanol–water partition coefficient (Wildman–Crippen LogP) is 1.92. The maximum absolute atomic E-state index is 11.7. The largest absolute Gasteiger partial charge is 0.309 e. The average Bonchev–Trinajstić information content (AvgIpc) is 2.74. The van der Waals surface area contributed by atoms with Crippen LogP contribution in [0.3, 0.4) is 0 Å². The topological polar surface area (TPSA) is 49.4 Å². The maximum Gasteiger partial charge on any atom is 0.214 e. The van der Waals surface area contributed by atoms with E-state index in [1.54, 1.807) is 14.1 Å². The van der Waals surface area contributed by atoms with Crippen molar-refractivity contribution >= 4 is 26.0 Å². The second kappa shape index (κ2) is 5.91. The van der Waals surface area contributed by atoms with Crippen LogP contribution in [0.15, 0.2) is 22.7 Å². The summed E-state index contributed by atoms with van der Waals surface area (Å²) in [4.78, 5) is 0. The minimum absolute atomic E-state index is 0.139. The molecule has 6 heteroatoms. The first kappa shape index (κ1) is 15.0. The summed E-state index contributed by atoms with van der Waals surface area (Å²) in [5, 5.41) is 3.35. The summed E-state index contributed by atoms with van der Waals surface area (Å²) < 4.78 is 25.8. The van der Waals surface area contributed by atoms with E-state index in [9.17, 15) is 8.42 Å². The van der Waals surface area contributed by atoms with Gasteiger partial charge in [0.15, 0.2) is 0 Å². The van der Waals surface area contributed by atoms with E-state index >= 15 is 0 Å². The van der Waals surface area contributed by atoms with Gasteiger partial charge in [0.1, 0.15) is 0 Å². The van der Waals surface area contributed by atoms with Crippen LogP contribution in [0.5, 0.6) is 0 Å². The minimum Gasteiger partial charge on any atom is -0.309 e. The number of fused-ring (bicyclic) bond motifs is 1. The molecule has 0 aliphatic heterocycles. The van der Waals surface area contributed by atoms with E-state index in [0.717, 1.165) is 17.3 Å². The van der Waals surface area contributed by atoms with Gasteiger partial charge in [-0.3, -0.25) is 0 Å². The number of rotatable bonds is 5. The van der Waals surface area contributed by atoms with Gasteiger partial charge in [-0.1, -0.05) is 28.1 Å². The second-order valence-electron chi connectivity index (χ2n) is 4.95. The molecular weight excluding hydrogens is 328 g/mol. The molecule has 0 fully saturated rings. The zero-order chi connectivity index (χ0) is 14.0. The number of halogens is 1. The van der Waals surface area contributed by atoms with Crippen LogP contribution < -0.4 is 5.32 Å². The van der Waals surface area contributed by atoms with E-state index in [4.69, 9.17) is 0 Å². The summed E-state index contributed by atoms with van der Waals surface area (Å²) in [6.45, 7) is 0.483. The van der Waals surface area contributed by atoms with Crippen LogP contribution in [0.4, 0.5) is 0 Å². The van der Waals surface area contributed by atoms with Crippen molar-refractivity contribution in [1.82, 2.24) is 9.62 Å². The van der Waals surface area contributed by atoms with Gasteiger partial charge in [-0.25, -0.2) is 12.7 Å². The number of nitrogens with one attached hydrogen (secondary N) is 1. The summed E-state index contributed by atoms with van der Waals surface area (Å²) >= 11 is 3.56. The van der Waals surface area contributed by atoms with Gasteiger partial charge in [-0.15, -0.1) is 0 Å². The van der Waals surface area contributed by atoms with E-state index in [1.807, 2.05) is 6.07 Å². The van der Waals surface area contributed by atoms with Crippen LogP contribution in [-0.2, 0) is 16.4 Å². The second-order valence-corrected chi connectivity index (χ2v) is 8.11. The van der Waals surface area contributed by atoms with Crippen LogP contribution in [0.25, 0.3) is 0 Å². The molecule has 0 saturated carbocycles. The van der Waals surface area contributed by atoms with Gasteiger partial charge >= 0.3 is 0 Å². The average molecular weight is 347 g/mol. The van der Waals surface area contributed by atoms with E-state index < -0.39 is 10.0 Å². The van der Waals surface area contributed by atoms with Gasteiger partial charge in [0.05, 0.1) is 5.75 Å². The summed E-state index contributed by atoms with van der Waals surface area (Å²) in [5.74, 6) is 0.139. The fourth-order valence-corrected chi connectivity index (χ4v) is 3.69. The molecule has 1 atom stereocenters. The standard InChI is InChI=1S/C13H19BrN2O2S/c1-16(2)19(17,18)9-8-15-13-7-6-10-11(13)4-3-5-12(10)14/h3-5,13,15H,6-9H2,1-2H3. The van der Waals surface area contributed by atoms with Gasteiger partial charge in [0, 0.05) is 31.2 Å². The number of sulfonamides is 1. The molecule has 0 amide bonds. The van der Waals surface area contributed by atoms with Crippen molar-refractivity contribution in [1.29, 1.82) is 0 Å². The third-order valence-corrected chi connectivity index (χ3v) is 6.10. The zero-order valence-electron chi connectivity index (χ0n) is 11.2. The molecule has 1 aliphatic carbocycles. The van der Waals surface area contributed by atoms with E-state index in [0.29, 0.717) is 6.54 Å². The lowest BCUT2D eigenvalue weighted by molar-refractivity contribution is 0.506. The number of hydrogen-bond acceptors (Lipinski definition) is 3. The lowest BCUT2D eigenvalue weighted by Gasteiger charge is -2.16. The van der Waals surface area contributed by atoms with Gasteiger partial charge < -0.3 is 5.32 Å². The lowest BCUT2D eigenvalue weighted by Crippen LogP contribution is -2.32. The molecule has 19 heavy (non-hydrogen) atoms. The molecule has 106 valence electrons. The van der Waals surface area contributed by atoms with Crippen molar-refractivity contribution in [2.75, 3.05) is 26.4 Å². The maximum atomic E-state index is 11.7. The molecule has 0 spiro atoms. The monoisotopic (exact) mass is 346 g/mol. The molecule has 2 rings (SSSR count). The lowest BCUT2D eigenvalue weighted by atomic mass is 10.1.